The summed E-state index contributed by atoms with van der Waals surface area (Å²) < 4.78 is 62.4. The number of rotatable bonds is 2. The van der Waals surface area contributed by atoms with Gasteiger partial charge in [0.05, 0.1) is 0 Å². The van der Waals surface area contributed by atoms with Crippen LogP contribution in [0.4, 0.5) is 13.2 Å². The third kappa shape index (κ3) is 2.24. The van der Waals surface area contributed by atoms with E-state index in [-0.39, 0.29) is 0 Å². The van der Waals surface area contributed by atoms with E-state index in [1.165, 1.54) is 5.01 Å². The molecule has 2 rings (SSSR count). The molecule has 18 heavy (non-hydrogen) atoms. The molecule has 0 amide bonds. The topological polar surface area (TPSA) is 62.2 Å². The molecule has 0 N–H and O–H groups in total. The van der Waals surface area contributed by atoms with Crippen molar-refractivity contribution in [3.05, 3.63) is 0 Å². The molecule has 6 nitrogen and oxygen atoms in total. The van der Waals surface area contributed by atoms with Crippen molar-refractivity contribution >= 4 is 39.6 Å². The monoisotopic (exact) mass is 325 g/mol. The minimum absolute atomic E-state index is 0.404. The Morgan fingerprint density at radius 3 is 2.67 bits per heavy atom. The van der Waals surface area contributed by atoms with Gasteiger partial charge in [0, 0.05) is 11.8 Å². The first kappa shape index (κ1) is 14.0. The molecule has 0 radical (unpaired) electrons. The van der Waals surface area contributed by atoms with Crippen molar-refractivity contribution in [2.75, 3.05) is 6.54 Å². The molecule has 2 heterocycles. The van der Waals surface area contributed by atoms with Crippen LogP contribution in [0.25, 0.3) is 0 Å². The van der Waals surface area contributed by atoms with Crippen molar-refractivity contribution in [3.8, 4) is 0 Å². The number of alkyl halides is 3. The van der Waals surface area contributed by atoms with Crippen LogP contribution in [0.2, 0.25) is 0 Å². The first-order chi connectivity index (χ1) is 8.13. The highest BCUT2D eigenvalue weighted by molar-refractivity contribution is 7.87. The molecule has 2 unspecified atom stereocenters. The molecule has 0 aromatic heterocycles. The van der Waals surface area contributed by atoms with Crippen LogP contribution in [0, 0.1) is 0 Å². The zero-order valence-electron chi connectivity index (χ0n) is 8.50. The number of fused-ring (bicyclic) bond motifs is 1. The van der Waals surface area contributed by atoms with Crippen molar-refractivity contribution in [2.24, 2.45) is 5.10 Å². The Morgan fingerprint density at radius 1 is 1.50 bits per heavy atom. The fourth-order valence-corrected chi connectivity index (χ4v) is 2.73. The molecule has 0 aromatic rings. The fourth-order valence-electron chi connectivity index (χ4n) is 1.61. The smallest absolute Gasteiger partial charge is 0.268 e. The average Bonchev–Trinajstić information content (AvgIpc) is 2.68. The normalized spacial score (nSPS) is 28.6. The highest BCUT2D eigenvalue weighted by Gasteiger charge is 2.53. The molecular weight excluding hydrogens is 319 g/mol. The van der Waals surface area contributed by atoms with Crippen molar-refractivity contribution < 1.29 is 25.9 Å². The first-order valence-corrected chi connectivity index (χ1v) is 6.92. The summed E-state index contributed by atoms with van der Waals surface area (Å²) >= 11 is 9.66. The summed E-state index contributed by atoms with van der Waals surface area (Å²) in [5.41, 5.74) is -5.53. The summed E-state index contributed by atoms with van der Waals surface area (Å²) in [6.07, 6.45) is -0.342. The van der Waals surface area contributed by atoms with Crippen molar-refractivity contribution in [1.29, 1.82) is 0 Å². The second-order valence-electron chi connectivity index (χ2n) is 3.60. The molecule has 104 valence electrons. The highest BCUT2D eigenvalue weighted by atomic mass is 35.5. The van der Waals surface area contributed by atoms with Gasteiger partial charge in [0.2, 0.25) is 5.29 Å². The van der Waals surface area contributed by atoms with Gasteiger partial charge in [-0.1, -0.05) is 0 Å². The van der Waals surface area contributed by atoms with Gasteiger partial charge in [-0.2, -0.15) is 39.3 Å². The molecular formula is C6H7ClF3N3O3S2. The molecule has 12 heteroatoms. The Hall–Kier alpha value is -0.390. The van der Waals surface area contributed by atoms with E-state index in [4.69, 9.17) is 11.6 Å². The van der Waals surface area contributed by atoms with Gasteiger partial charge in [0.15, 0.2) is 6.17 Å². The summed E-state index contributed by atoms with van der Waals surface area (Å²) in [4.78, 5) is 0. The van der Waals surface area contributed by atoms with Gasteiger partial charge >= 0.3 is 15.6 Å². The number of hydroxylamine groups is 2. The number of amidine groups is 1. The standard InChI is InChI=1S/C6H7ClF3N3O3S2/c7-5-11-12-2-1-3(17)4(12)13(5)16-18(14,15)6(8,9)10/h3-4,17H,1-2H2. The van der Waals surface area contributed by atoms with E-state index in [2.05, 4.69) is 22.0 Å². The lowest BCUT2D eigenvalue weighted by Crippen LogP contribution is -2.45. The maximum absolute atomic E-state index is 12.2. The molecule has 2 atom stereocenters. The van der Waals surface area contributed by atoms with E-state index < -0.39 is 32.3 Å². The van der Waals surface area contributed by atoms with Gasteiger partial charge in [0.25, 0.3) is 0 Å². The quantitative estimate of drug-likeness (QED) is 0.465. The van der Waals surface area contributed by atoms with Gasteiger partial charge in [0.1, 0.15) is 0 Å². The maximum atomic E-state index is 12.2. The Bertz CT molecular complexity index is 482. The number of thiol groups is 1. The minimum Gasteiger partial charge on any atom is -0.268 e. The van der Waals surface area contributed by atoms with Crippen LogP contribution in [0.1, 0.15) is 6.42 Å². The number of nitrogens with zero attached hydrogens (tertiary/aromatic N) is 3. The largest absolute Gasteiger partial charge is 0.525 e. The Morgan fingerprint density at radius 2 is 2.11 bits per heavy atom. The highest BCUT2D eigenvalue weighted by Crippen LogP contribution is 2.34. The van der Waals surface area contributed by atoms with Crippen molar-refractivity contribution in [1.82, 2.24) is 10.1 Å². The van der Waals surface area contributed by atoms with Crippen LogP contribution >= 0.6 is 24.2 Å². The lowest BCUT2D eigenvalue weighted by molar-refractivity contribution is -0.0919. The van der Waals surface area contributed by atoms with Gasteiger partial charge in [-0.15, -0.1) is 9.39 Å². The Labute approximate surface area is 111 Å². The SMILES string of the molecule is O=S(=O)(ON1C(Cl)=NN2CCC(S)C21)C(F)(F)F. The summed E-state index contributed by atoms with van der Waals surface area (Å²) in [6, 6.07) is 0. The third-order valence-corrected chi connectivity index (χ3v) is 4.09. The number of hydrogen-bond donors (Lipinski definition) is 1. The molecule has 0 spiro atoms. The van der Waals surface area contributed by atoms with Crippen molar-refractivity contribution in [2.45, 2.75) is 23.3 Å². The van der Waals surface area contributed by atoms with Crippen LogP contribution in [-0.2, 0) is 14.4 Å². The van der Waals surface area contributed by atoms with Crippen LogP contribution in [-0.4, -0.2) is 47.3 Å². The lowest BCUT2D eigenvalue weighted by atomic mass is 10.3. The molecule has 0 saturated carbocycles. The van der Waals surface area contributed by atoms with Gasteiger partial charge < -0.3 is 0 Å². The Balaban J connectivity index is 2.22. The van der Waals surface area contributed by atoms with E-state index in [1.54, 1.807) is 0 Å². The lowest BCUT2D eigenvalue weighted by Gasteiger charge is -2.26. The van der Waals surface area contributed by atoms with Gasteiger partial charge in [-0.25, -0.2) is 0 Å². The molecule has 1 saturated heterocycles. The maximum Gasteiger partial charge on any atom is 0.525 e. The summed E-state index contributed by atoms with van der Waals surface area (Å²) in [5, 5.41) is 4.52. The molecule has 0 aromatic carbocycles. The second kappa shape index (κ2) is 4.32. The average molecular weight is 326 g/mol. The third-order valence-electron chi connectivity index (χ3n) is 2.40. The molecule has 0 bridgehead atoms. The van der Waals surface area contributed by atoms with E-state index in [1.807, 2.05) is 0 Å². The van der Waals surface area contributed by atoms with Gasteiger partial charge in [-0.05, 0) is 18.0 Å². The van der Waals surface area contributed by atoms with E-state index in [9.17, 15) is 21.6 Å². The van der Waals surface area contributed by atoms with Crippen LogP contribution < -0.4 is 0 Å². The Kier molecular flexibility index (Phi) is 3.37. The zero-order chi connectivity index (χ0) is 13.7. The molecule has 2 aliphatic rings. The van der Waals surface area contributed by atoms with E-state index in [0.29, 0.717) is 18.0 Å². The number of hydrazone groups is 1. The summed E-state index contributed by atoms with van der Waals surface area (Å²) in [6.45, 7) is 0.404. The van der Waals surface area contributed by atoms with Gasteiger partial charge in [-0.3, -0.25) is 5.01 Å². The number of hydrogen-bond acceptors (Lipinski definition) is 7. The predicted octanol–water partition coefficient (Wildman–Crippen LogP) is 0.923. The van der Waals surface area contributed by atoms with Crippen LogP contribution in [0.5, 0.6) is 0 Å². The minimum atomic E-state index is -5.78. The number of halogens is 4. The van der Waals surface area contributed by atoms with E-state index in [0.717, 1.165) is 0 Å². The van der Waals surface area contributed by atoms with Crippen LogP contribution in [0.15, 0.2) is 5.10 Å². The first-order valence-electron chi connectivity index (χ1n) is 4.62. The predicted molar refractivity (Wildman–Crippen MR) is 59.1 cm³/mol. The molecule has 2 aliphatic heterocycles. The van der Waals surface area contributed by atoms with Crippen molar-refractivity contribution in [3.63, 3.8) is 0 Å². The molecule has 1 fully saturated rings. The second-order valence-corrected chi connectivity index (χ2v) is 6.12. The fraction of sp³-hybridized carbons (Fsp3) is 0.833. The van der Waals surface area contributed by atoms with E-state index >= 15 is 0 Å². The zero-order valence-corrected chi connectivity index (χ0v) is 11.0. The van der Waals surface area contributed by atoms with Crippen LogP contribution in [0.3, 0.4) is 0 Å². The molecule has 0 aliphatic carbocycles. The summed E-state index contributed by atoms with van der Waals surface area (Å²) in [5.74, 6) is 0. The summed E-state index contributed by atoms with van der Waals surface area (Å²) in [7, 11) is -5.78.